The zero-order valence-electron chi connectivity index (χ0n) is 11.2. The third-order valence-electron chi connectivity index (χ3n) is 2.62. The molecule has 0 heterocycles. The van der Waals surface area contributed by atoms with Crippen LogP contribution in [0.15, 0.2) is 18.2 Å². The first-order valence-electron chi connectivity index (χ1n) is 5.98. The number of rotatable bonds is 5. The van der Waals surface area contributed by atoms with E-state index in [2.05, 4.69) is 0 Å². The highest BCUT2D eigenvalue weighted by atomic mass is 35.5. The second kappa shape index (κ2) is 7.47. The minimum absolute atomic E-state index is 0.170. The number of esters is 1. The zero-order chi connectivity index (χ0) is 15.3. The van der Waals surface area contributed by atoms with Crippen LogP contribution in [-0.4, -0.2) is 36.5 Å². The SMILES string of the molecule is CCOC(=O)C(N)C(=O)N(C)Cc1cccc(Cl)c1Cl. The number of hydrogen-bond donors (Lipinski definition) is 1. The van der Waals surface area contributed by atoms with Crippen LogP contribution in [-0.2, 0) is 20.9 Å². The molecule has 0 saturated carbocycles. The summed E-state index contributed by atoms with van der Waals surface area (Å²) in [6.07, 6.45) is 0. The van der Waals surface area contributed by atoms with Gasteiger partial charge in [0.2, 0.25) is 0 Å². The van der Waals surface area contributed by atoms with Crippen LogP contribution in [0, 0.1) is 0 Å². The lowest BCUT2D eigenvalue weighted by Gasteiger charge is -2.21. The molecule has 20 heavy (non-hydrogen) atoms. The van der Waals surface area contributed by atoms with Gasteiger partial charge >= 0.3 is 5.97 Å². The van der Waals surface area contributed by atoms with Crippen LogP contribution in [0.2, 0.25) is 10.0 Å². The van der Waals surface area contributed by atoms with Crippen molar-refractivity contribution in [1.29, 1.82) is 0 Å². The van der Waals surface area contributed by atoms with E-state index in [1.165, 1.54) is 11.9 Å². The lowest BCUT2D eigenvalue weighted by Crippen LogP contribution is -2.47. The van der Waals surface area contributed by atoms with E-state index in [1.54, 1.807) is 25.1 Å². The van der Waals surface area contributed by atoms with Crippen molar-refractivity contribution in [2.24, 2.45) is 5.73 Å². The molecular formula is C13H16Cl2N2O3. The third-order valence-corrected chi connectivity index (χ3v) is 3.48. The Kier molecular flexibility index (Phi) is 6.26. The standard InChI is InChI=1S/C13H16Cl2N2O3/c1-3-20-13(19)11(16)12(18)17(2)7-8-5-4-6-9(14)10(8)15/h4-6,11H,3,7,16H2,1-2H3. The second-order valence-corrected chi connectivity index (χ2v) is 4.92. The van der Waals surface area contributed by atoms with Gasteiger partial charge in [-0.2, -0.15) is 0 Å². The van der Waals surface area contributed by atoms with Gasteiger partial charge in [0.25, 0.3) is 5.91 Å². The van der Waals surface area contributed by atoms with Gasteiger partial charge in [0.15, 0.2) is 6.04 Å². The highest BCUT2D eigenvalue weighted by Gasteiger charge is 2.26. The Hall–Kier alpha value is -1.30. The molecule has 1 aromatic carbocycles. The molecule has 5 nitrogen and oxygen atoms in total. The maximum Gasteiger partial charge on any atom is 0.332 e. The van der Waals surface area contributed by atoms with E-state index in [-0.39, 0.29) is 13.2 Å². The van der Waals surface area contributed by atoms with Gasteiger partial charge in [0.05, 0.1) is 16.7 Å². The average Bonchev–Trinajstić information content (AvgIpc) is 2.42. The Morgan fingerprint density at radius 1 is 1.40 bits per heavy atom. The number of benzene rings is 1. The topological polar surface area (TPSA) is 72.6 Å². The van der Waals surface area contributed by atoms with E-state index < -0.39 is 17.9 Å². The number of nitrogens with two attached hydrogens (primary N) is 1. The Labute approximate surface area is 127 Å². The first-order chi connectivity index (χ1) is 9.38. The van der Waals surface area contributed by atoms with Crippen molar-refractivity contribution < 1.29 is 14.3 Å². The lowest BCUT2D eigenvalue weighted by atomic mass is 10.2. The summed E-state index contributed by atoms with van der Waals surface area (Å²) in [5.74, 6) is -1.29. The number of halogens is 2. The van der Waals surface area contributed by atoms with Crippen molar-refractivity contribution in [1.82, 2.24) is 4.90 Å². The smallest absolute Gasteiger partial charge is 0.332 e. The summed E-state index contributed by atoms with van der Waals surface area (Å²) < 4.78 is 4.71. The molecule has 0 aliphatic heterocycles. The van der Waals surface area contributed by atoms with E-state index in [9.17, 15) is 9.59 Å². The van der Waals surface area contributed by atoms with Crippen LogP contribution in [0.4, 0.5) is 0 Å². The molecular weight excluding hydrogens is 303 g/mol. The monoisotopic (exact) mass is 318 g/mol. The number of ether oxygens (including phenoxy) is 1. The van der Waals surface area contributed by atoms with Crippen LogP contribution in [0.3, 0.4) is 0 Å². The Morgan fingerprint density at radius 3 is 2.65 bits per heavy atom. The second-order valence-electron chi connectivity index (χ2n) is 4.14. The van der Waals surface area contributed by atoms with Crippen LogP contribution in [0.1, 0.15) is 12.5 Å². The van der Waals surface area contributed by atoms with Crippen molar-refractivity contribution in [2.75, 3.05) is 13.7 Å². The van der Waals surface area contributed by atoms with Crippen molar-refractivity contribution in [3.8, 4) is 0 Å². The minimum Gasteiger partial charge on any atom is -0.464 e. The molecule has 0 radical (unpaired) electrons. The molecule has 1 atom stereocenters. The molecule has 0 aromatic heterocycles. The lowest BCUT2D eigenvalue weighted by molar-refractivity contribution is -0.150. The highest BCUT2D eigenvalue weighted by molar-refractivity contribution is 6.42. The maximum atomic E-state index is 12.0. The van der Waals surface area contributed by atoms with Crippen LogP contribution in [0.5, 0.6) is 0 Å². The van der Waals surface area contributed by atoms with Crippen molar-refractivity contribution in [3.63, 3.8) is 0 Å². The van der Waals surface area contributed by atoms with Crippen molar-refractivity contribution in [2.45, 2.75) is 19.5 Å². The molecule has 1 amide bonds. The first-order valence-corrected chi connectivity index (χ1v) is 6.74. The quantitative estimate of drug-likeness (QED) is 0.664. The fourth-order valence-electron chi connectivity index (χ4n) is 1.57. The number of nitrogens with zero attached hydrogens (tertiary/aromatic N) is 1. The molecule has 110 valence electrons. The van der Waals surface area contributed by atoms with E-state index in [1.807, 2.05) is 0 Å². The largest absolute Gasteiger partial charge is 0.464 e. The summed E-state index contributed by atoms with van der Waals surface area (Å²) in [5.41, 5.74) is 6.22. The highest BCUT2D eigenvalue weighted by Crippen LogP contribution is 2.26. The summed E-state index contributed by atoms with van der Waals surface area (Å²) in [6.45, 7) is 2.01. The van der Waals surface area contributed by atoms with E-state index >= 15 is 0 Å². The molecule has 2 N–H and O–H groups in total. The van der Waals surface area contributed by atoms with Gasteiger partial charge in [0.1, 0.15) is 0 Å². The van der Waals surface area contributed by atoms with Gasteiger partial charge in [-0.05, 0) is 18.6 Å². The summed E-state index contributed by atoms with van der Waals surface area (Å²) in [6, 6.07) is 3.79. The number of carbonyl (C=O) groups is 2. The van der Waals surface area contributed by atoms with Gasteiger partial charge in [-0.25, -0.2) is 4.79 Å². The van der Waals surface area contributed by atoms with Crippen LogP contribution >= 0.6 is 23.2 Å². The molecule has 0 saturated heterocycles. The van der Waals surface area contributed by atoms with Crippen molar-refractivity contribution >= 4 is 35.1 Å². The van der Waals surface area contributed by atoms with Crippen LogP contribution in [0.25, 0.3) is 0 Å². The zero-order valence-corrected chi connectivity index (χ0v) is 12.7. The molecule has 1 aromatic rings. The molecule has 1 rings (SSSR count). The molecule has 7 heteroatoms. The number of carbonyl (C=O) groups excluding carboxylic acids is 2. The minimum atomic E-state index is -1.34. The number of likely N-dealkylation sites (N-methyl/N-ethyl adjacent to an activating group) is 1. The Morgan fingerprint density at radius 2 is 2.05 bits per heavy atom. The Balaban J connectivity index is 2.75. The normalized spacial score (nSPS) is 11.8. The first kappa shape index (κ1) is 16.8. The molecule has 0 spiro atoms. The third kappa shape index (κ3) is 4.10. The van der Waals surface area contributed by atoms with Gasteiger partial charge < -0.3 is 15.4 Å². The van der Waals surface area contributed by atoms with Crippen LogP contribution < -0.4 is 5.73 Å². The predicted octanol–water partition coefficient (Wildman–Crippen LogP) is 1.84. The fraction of sp³-hybridized carbons (Fsp3) is 0.385. The summed E-state index contributed by atoms with van der Waals surface area (Å²) in [7, 11) is 1.53. The molecule has 0 fully saturated rings. The van der Waals surface area contributed by atoms with Gasteiger partial charge in [0, 0.05) is 13.6 Å². The predicted molar refractivity (Wildman–Crippen MR) is 77.5 cm³/mol. The molecule has 0 bridgehead atoms. The number of amides is 1. The van der Waals surface area contributed by atoms with E-state index in [0.29, 0.717) is 15.6 Å². The van der Waals surface area contributed by atoms with E-state index in [0.717, 1.165) is 0 Å². The number of hydrogen-bond acceptors (Lipinski definition) is 4. The fourth-order valence-corrected chi connectivity index (χ4v) is 1.95. The molecule has 0 aliphatic carbocycles. The summed E-state index contributed by atoms with van der Waals surface area (Å²) >= 11 is 11.9. The molecule has 0 aliphatic rings. The maximum absolute atomic E-state index is 12.0. The average molecular weight is 319 g/mol. The van der Waals surface area contributed by atoms with Gasteiger partial charge in [-0.3, -0.25) is 4.79 Å². The summed E-state index contributed by atoms with van der Waals surface area (Å²) in [5, 5.41) is 0.776. The summed E-state index contributed by atoms with van der Waals surface area (Å²) in [4.78, 5) is 24.7. The van der Waals surface area contributed by atoms with E-state index in [4.69, 9.17) is 33.7 Å². The Bertz CT molecular complexity index is 508. The van der Waals surface area contributed by atoms with Gasteiger partial charge in [-0.1, -0.05) is 35.3 Å². The van der Waals surface area contributed by atoms with Gasteiger partial charge in [-0.15, -0.1) is 0 Å². The van der Waals surface area contributed by atoms with Crippen molar-refractivity contribution in [3.05, 3.63) is 33.8 Å². The molecule has 1 unspecified atom stereocenters.